The molecule has 90 valence electrons. The number of nitrogens with zero attached hydrogens (tertiary/aromatic N) is 2. The fourth-order valence-electron chi connectivity index (χ4n) is 2.60. The Morgan fingerprint density at radius 2 is 2.31 bits per heavy atom. The number of aromatic nitrogens is 2. The highest BCUT2D eigenvalue weighted by molar-refractivity contribution is 4.86. The van der Waals surface area contributed by atoms with Gasteiger partial charge >= 0.3 is 0 Å². The molecule has 4 nitrogen and oxygen atoms in total. The van der Waals surface area contributed by atoms with Gasteiger partial charge in [0.1, 0.15) is 0 Å². The minimum Gasteiger partial charge on any atom is -0.339 e. The first kappa shape index (κ1) is 11.6. The Morgan fingerprint density at radius 1 is 1.44 bits per heavy atom. The molecule has 0 aromatic carbocycles. The van der Waals surface area contributed by atoms with Crippen LogP contribution in [0.1, 0.15) is 44.3 Å². The van der Waals surface area contributed by atoms with E-state index in [9.17, 15) is 0 Å². The highest BCUT2D eigenvalue weighted by atomic mass is 16.5. The van der Waals surface area contributed by atoms with Crippen molar-refractivity contribution in [2.75, 3.05) is 6.54 Å². The smallest absolute Gasteiger partial charge is 0.227 e. The Hall–Kier alpha value is -0.900. The summed E-state index contributed by atoms with van der Waals surface area (Å²) >= 11 is 0. The van der Waals surface area contributed by atoms with Gasteiger partial charge in [-0.2, -0.15) is 4.98 Å². The highest BCUT2D eigenvalue weighted by Crippen LogP contribution is 2.27. The monoisotopic (exact) mass is 223 g/mol. The molecule has 4 heteroatoms. The standard InChI is InChI=1S/C12H21N3O/c1-3-10-5-4-6-11(10)13-8-7-12-14-9(2)15-16-12/h10-11,13H,3-8H2,1-2H3. The van der Waals surface area contributed by atoms with Crippen molar-refractivity contribution in [3.05, 3.63) is 11.7 Å². The predicted molar refractivity (Wildman–Crippen MR) is 62.2 cm³/mol. The van der Waals surface area contributed by atoms with E-state index < -0.39 is 0 Å². The zero-order valence-corrected chi connectivity index (χ0v) is 10.2. The third-order valence-corrected chi connectivity index (χ3v) is 3.50. The van der Waals surface area contributed by atoms with E-state index in [0.717, 1.165) is 30.6 Å². The third kappa shape index (κ3) is 2.82. The SMILES string of the molecule is CCC1CCCC1NCCc1nc(C)no1. The molecule has 1 heterocycles. The number of rotatable bonds is 5. The minimum atomic E-state index is 0.703. The second-order valence-corrected chi connectivity index (χ2v) is 4.65. The summed E-state index contributed by atoms with van der Waals surface area (Å²) in [4.78, 5) is 4.20. The van der Waals surface area contributed by atoms with Gasteiger partial charge in [0.2, 0.25) is 5.89 Å². The summed E-state index contributed by atoms with van der Waals surface area (Å²) in [7, 11) is 0. The molecule has 0 saturated heterocycles. The van der Waals surface area contributed by atoms with E-state index in [2.05, 4.69) is 22.4 Å². The Morgan fingerprint density at radius 3 is 3.00 bits per heavy atom. The van der Waals surface area contributed by atoms with E-state index in [1.54, 1.807) is 0 Å². The van der Waals surface area contributed by atoms with Crippen molar-refractivity contribution in [3.8, 4) is 0 Å². The fourth-order valence-corrected chi connectivity index (χ4v) is 2.60. The van der Waals surface area contributed by atoms with Gasteiger partial charge in [-0.05, 0) is 25.7 Å². The zero-order valence-electron chi connectivity index (χ0n) is 10.2. The Balaban J connectivity index is 1.71. The largest absolute Gasteiger partial charge is 0.339 e. The van der Waals surface area contributed by atoms with Crippen molar-refractivity contribution < 1.29 is 4.52 Å². The van der Waals surface area contributed by atoms with E-state index >= 15 is 0 Å². The molecule has 1 aliphatic rings. The van der Waals surface area contributed by atoms with Crippen LogP contribution < -0.4 is 5.32 Å². The van der Waals surface area contributed by atoms with Gasteiger partial charge in [0, 0.05) is 19.0 Å². The summed E-state index contributed by atoms with van der Waals surface area (Å²) in [5, 5.41) is 7.40. The van der Waals surface area contributed by atoms with Crippen LogP contribution in [-0.4, -0.2) is 22.7 Å². The van der Waals surface area contributed by atoms with Crippen molar-refractivity contribution in [2.24, 2.45) is 5.92 Å². The molecule has 1 aromatic heterocycles. The Labute approximate surface area is 96.8 Å². The molecule has 1 aliphatic carbocycles. The number of aryl methyl sites for hydroxylation is 1. The van der Waals surface area contributed by atoms with Gasteiger partial charge in [0.25, 0.3) is 0 Å². The summed E-state index contributed by atoms with van der Waals surface area (Å²) in [6.07, 6.45) is 6.20. The van der Waals surface area contributed by atoms with Gasteiger partial charge in [-0.15, -0.1) is 0 Å². The molecule has 0 bridgehead atoms. The zero-order chi connectivity index (χ0) is 11.4. The van der Waals surface area contributed by atoms with Crippen LogP contribution in [0.3, 0.4) is 0 Å². The molecule has 1 N–H and O–H groups in total. The van der Waals surface area contributed by atoms with Gasteiger partial charge in [-0.25, -0.2) is 0 Å². The van der Waals surface area contributed by atoms with Gasteiger partial charge in [0.05, 0.1) is 0 Å². The Kier molecular flexibility index (Phi) is 3.93. The maximum atomic E-state index is 5.08. The number of hydrogen-bond donors (Lipinski definition) is 1. The molecule has 2 unspecified atom stereocenters. The van der Waals surface area contributed by atoms with Crippen molar-refractivity contribution in [1.29, 1.82) is 0 Å². The van der Waals surface area contributed by atoms with Crippen LogP contribution in [0.15, 0.2) is 4.52 Å². The van der Waals surface area contributed by atoms with E-state index in [1.807, 2.05) is 6.92 Å². The molecule has 1 fully saturated rings. The molecule has 16 heavy (non-hydrogen) atoms. The highest BCUT2D eigenvalue weighted by Gasteiger charge is 2.24. The van der Waals surface area contributed by atoms with Crippen LogP contribution in [0.5, 0.6) is 0 Å². The van der Waals surface area contributed by atoms with E-state index in [4.69, 9.17) is 4.52 Å². The second-order valence-electron chi connectivity index (χ2n) is 4.65. The first-order valence-corrected chi connectivity index (χ1v) is 6.32. The first-order chi connectivity index (χ1) is 7.79. The molecule has 0 aliphatic heterocycles. The summed E-state index contributed by atoms with van der Waals surface area (Å²) < 4.78 is 5.08. The van der Waals surface area contributed by atoms with Crippen LogP contribution in [-0.2, 0) is 6.42 Å². The predicted octanol–water partition coefficient (Wildman–Crippen LogP) is 2.09. The Bertz CT molecular complexity index is 324. The summed E-state index contributed by atoms with van der Waals surface area (Å²) in [6, 6.07) is 0.703. The fraction of sp³-hybridized carbons (Fsp3) is 0.833. The quantitative estimate of drug-likeness (QED) is 0.830. The van der Waals surface area contributed by atoms with Crippen molar-refractivity contribution >= 4 is 0 Å². The van der Waals surface area contributed by atoms with Crippen molar-refractivity contribution in [3.63, 3.8) is 0 Å². The molecule has 0 radical (unpaired) electrons. The van der Waals surface area contributed by atoms with Crippen LogP contribution in [0.2, 0.25) is 0 Å². The van der Waals surface area contributed by atoms with Crippen LogP contribution in [0.25, 0.3) is 0 Å². The molecule has 1 aromatic rings. The lowest BCUT2D eigenvalue weighted by atomic mass is 10.0. The molecule has 0 amide bonds. The molecular formula is C12H21N3O. The third-order valence-electron chi connectivity index (χ3n) is 3.50. The van der Waals surface area contributed by atoms with Crippen molar-refractivity contribution in [1.82, 2.24) is 15.5 Å². The normalized spacial score (nSPS) is 25.1. The summed E-state index contributed by atoms with van der Waals surface area (Å²) in [5.74, 6) is 2.34. The average Bonchev–Trinajstić information content (AvgIpc) is 2.87. The van der Waals surface area contributed by atoms with Gasteiger partial charge in [0.15, 0.2) is 5.82 Å². The van der Waals surface area contributed by atoms with Crippen LogP contribution in [0.4, 0.5) is 0 Å². The summed E-state index contributed by atoms with van der Waals surface area (Å²) in [5.41, 5.74) is 0. The van der Waals surface area contributed by atoms with E-state index in [-0.39, 0.29) is 0 Å². The molecular weight excluding hydrogens is 202 g/mol. The molecule has 2 rings (SSSR count). The van der Waals surface area contributed by atoms with Gasteiger partial charge in [-0.1, -0.05) is 24.9 Å². The first-order valence-electron chi connectivity index (χ1n) is 6.32. The number of hydrogen-bond acceptors (Lipinski definition) is 4. The lowest BCUT2D eigenvalue weighted by Gasteiger charge is -2.18. The van der Waals surface area contributed by atoms with Gasteiger partial charge < -0.3 is 9.84 Å². The maximum Gasteiger partial charge on any atom is 0.227 e. The maximum absolute atomic E-state index is 5.08. The molecule has 0 spiro atoms. The van der Waals surface area contributed by atoms with Gasteiger partial charge in [-0.3, -0.25) is 0 Å². The topological polar surface area (TPSA) is 51.0 Å². The van der Waals surface area contributed by atoms with E-state index in [0.29, 0.717) is 6.04 Å². The molecule has 1 saturated carbocycles. The average molecular weight is 223 g/mol. The van der Waals surface area contributed by atoms with Crippen LogP contribution >= 0.6 is 0 Å². The lowest BCUT2D eigenvalue weighted by molar-refractivity contribution is 0.355. The van der Waals surface area contributed by atoms with E-state index in [1.165, 1.54) is 25.7 Å². The van der Waals surface area contributed by atoms with Crippen LogP contribution in [0, 0.1) is 12.8 Å². The number of nitrogens with one attached hydrogen (secondary N) is 1. The molecule has 2 atom stereocenters. The summed E-state index contributed by atoms with van der Waals surface area (Å²) in [6.45, 7) is 5.08. The lowest BCUT2D eigenvalue weighted by Crippen LogP contribution is -2.33. The second kappa shape index (κ2) is 5.43. The minimum absolute atomic E-state index is 0.703. The van der Waals surface area contributed by atoms with Crippen molar-refractivity contribution in [2.45, 2.75) is 52.0 Å².